The van der Waals surface area contributed by atoms with Crippen molar-refractivity contribution < 1.29 is 14.3 Å². The molecule has 1 aliphatic rings. The first-order chi connectivity index (χ1) is 12.5. The quantitative estimate of drug-likeness (QED) is 0.602. The van der Waals surface area contributed by atoms with Crippen LogP contribution in [0.15, 0.2) is 24.3 Å². The number of H-pyrrole nitrogens is 1. The van der Waals surface area contributed by atoms with Gasteiger partial charge in [0.15, 0.2) is 5.78 Å². The molecule has 2 aromatic rings. The highest BCUT2D eigenvalue weighted by molar-refractivity contribution is 6.03. The minimum atomic E-state index is -0.359. The summed E-state index contributed by atoms with van der Waals surface area (Å²) in [7, 11) is 0. The van der Waals surface area contributed by atoms with Crippen molar-refractivity contribution in [2.24, 2.45) is 0 Å². The van der Waals surface area contributed by atoms with E-state index < -0.39 is 0 Å². The highest BCUT2D eigenvalue weighted by Gasteiger charge is 2.32. The lowest BCUT2D eigenvalue weighted by Crippen LogP contribution is -2.18. The van der Waals surface area contributed by atoms with Gasteiger partial charge in [0, 0.05) is 17.7 Å². The number of ketones is 1. The van der Waals surface area contributed by atoms with E-state index in [1.807, 2.05) is 6.92 Å². The second-order valence-corrected chi connectivity index (χ2v) is 7.09. The van der Waals surface area contributed by atoms with E-state index in [0.29, 0.717) is 24.3 Å². The molecule has 4 nitrogen and oxygen atoms in total. The van der Waals surface area contributed by atoms with E-state index in [0.717, 1.165) is 36.9 Å². The lowest BCUT2D eigenvalue weighted by Gasteiger charge is -2.22. The zero-order valence-corrected chi connectivity index (χ0v) is 15.9. The predicted molar refractivity (Wildman–Crippen MR) is 102 cm³/mol. The van der Waals surface area contributed by atoms with Crippen LogP contribution in [0.5, 0.6) is 0 Å². The Labute approximate surface area is 155 Å². The largest absolute Gasteiger partial charge is 0.461 e. The number of carbonyl (C=O) groups excluding carboxylic acids is 2. The van der Waals surface area contributed by atoms with Gasteiger partial charge >= 0.3 is 5.97 Å². The molecule has 1 unspecified atom stereocenters. The summed E-state index contributed by atoms with van der Waals surface area (Å²) >= 11 is 0. The fraction of sp³-hybridized carbons (Fsp3) is 0.455. The smallest absolute Gasteiger partial charge is 0.355 e. The highest BCUT2D eigenvalue weighted by atomic mass is 16.5. The Morgan fingerprint density at radius 2 is 1.92 bits per heavy atom. The number of aryl methyl sites for hydroxylation is 1. The second kappa shape index (κ2) is 7.90. The Kier molecular flexibility index (Phi) is 5.60. The molecule has 0 saturated heterocycles. The van der Waals surface area contributed by atoms with Gasteiger partial charge < -0.3 is 9.72 Å². The first-order valence-corrected chi connectivity index (χ1v) is 9.55. The van der Waals surface area contributed by atoms with E-state index in [9.17, 15) is 9.59 Å². The maximum atomic E-state index is 12.7. The van der Waals surface area contributed by atoms with E-state index in [1.54, 1.807) is 0 Å². The third kappa shape index (κ3) is 3.59. The van der Waals surface area contributed by atoms with Gasteiger partial charge in [-0.2, -0.15) is 0 Å². The summed E-state index contributed by atoms with van der Waals surface area (Å²) in [4.78, 5) is 28.2. The second-order valence-electron chi connectivity index (χ2n) is 7.09. The van der Waals surface area contributed by atoms with Crippen LogP contribution in [-0.2, 0) is 17.6 Å². The van der Waals surface area contributed by atoms with Gasteiger partial charge in [0.2, 0.25) is 0 Å². The number of nitrogens with one attached hydrogen (secondary N) is 1. The number of aromatic amines is 1. The average molecular weight is 353 g/mol. The molecule has 0 radical (unpaired) electrons. The number of fused-ring (bicyclic) bond motifs is 1. The number of benzene rings is 1. The first kappa shape index (κ1) is 18.4. The molecule has 1 N–H and O–H groups in total. The SMILES string of the molecule is CCCCOC(=O)c1[nH]c2c(c1C)C(=O)CC(c1ccc(CC)cc1)C2. The minimum Gasteiger partial charge on any atom is -0.461 e. The Balaban J connectivity index is 1.82. The summed E-state index contributed by atoms with van der Waals surface area (Å²) in [6.07, 6.45) is 4.06. The molecular formula is C22H27NO3. The van der Waals surface area contributed by atoms with Crippen LogP contribution < -0.4 is 0 Å². The van der Waals surface area contributed by atoms with E-state index in [-0.39, 0.29) is 17.7 Å². The molecule has 3 rings (SSSR count). The van der Waals surface area contributed by atoms with Crippen molar-refractivity contribution in [2.45, 2.75) is 58.8 Å². The van der Waals surface area contributed by atoms with Crippen LogP contribution in [0.25, 0.3) is 0 Å². The number of hydrogen-bond donors (Lipinski definition) is 1. The highest BCUT2D eigenvalue weighted by Crippen LogP contribution is 2.35. The number of esters is 1. The Hall–Kier alpha value is -2.36. The maximum absolute atomic E-state index is 12.7. The summed E-state index contributed by atoms with van der Waals surface area (Å²) in [6.45, 7) is 6.44. The van der Waals surface area contributed by atoms with Crippen LogP contribution in [0, 0.1) is 6.92 Å². The number of ether oxygens (including phenoxy) is 1. The van der Waals surface area contributed by atoms with Crippen LogP contribution in [-0.4, -0.2) is 23.3 Å². The first-order valence-electron chi connectivity index (χ1n) is 9.55. The molecule has 0 aliphatic heterocycles. The van der Waals surface area contributed by atoms with E-state index >= 15 is 0 Å². The molecule has 1 aliphatic carbocycles. The molecule has 1 heterocycles. The van der Waals surface area contributed by atoms with E-state index in [1.165, 1.54) is 11.1 Å². The van der Waals surface area contributed by atoms with Crippen LogP contribution >= 0.6 is 0 Å². The fourth-order valence-electron chi connectivity index (χ4n) is 3.68. The number of carbonyl (C=O) groups is 2. The molecule has 0 amide bonds. The molecule has 4 heteroatoms. The molecule has 1 aromatic heterocycles. The van der Waals surface area contributed by atoms with E-state index in [4.69, 9.17) is 4.74 Å². The summed E-state index contributed by atoms with van der Waals surface area (Å²) in [5.41, 5.74) is 5.19. The number of unbranched alkanes of at least 4 members (excludes halogenated alkanes) is 1. The van der Waals surface area contributed by atoms with Gasteiger partial charge in [0.05, 0.1) is 6.61 Å². The van der Waals surface area contributed by atoms with Crippen molar-refractivity contribution in [1.29, 1.82) is 0 Å². The molecule has 1 atom stereocenters. The third-order valence-electron chi connectivity index (χ3n) is 5.28. The molecule has 138 valence electrons. The molecule has 0 bridgehead atoms. The molecule has 0 fully saturated rings. The Bertz CT molecular complexity index is 802. The van der Waals surface area contributed by atoms with Gasteiger partial charge in [0.1, 0.15) is 5.69 Å². The standard InChI is InChI=1S/C22H27NO3/c1-4-6-11-26-22(25)21-14(3)20-18(23-21)12-17(13-19(20)24)16-9-7-15(5-2)8-10-16/h7-10,17,23H,4-6,11-13H2,1-3H3. The van der Waals surface area contributed by atoms with Crippen molar-refractivity contribution in [3.05, 3.63) is 57.9 Å². The van der Waals surface area contributed by atoms with Gasteiger partial charge in [-0.25, -0.2) is 4.79 Å². The number of aromatic nitrogens is 1. The zero-order valence-electron chi connectivity index (χ0n) is 15.9. The van der Waals surface area contributed by atoms with Crippen molar-refractivity contribution in [3.8, 4) is 0 Å². The molecule has 0 saturated carbocycles. The van der Waals surface area contributed by atoms with Gasteiger partial charge in [-0.05, 0) is 48.8 Å². The van der Waals surface area contributed by atoms with Crippen LogP contribution in [0.3, 0.4) is 0 Å². The summed E-state index contributed by atoms with van der Waals surface area (Å²) in [6, 6.07) is 8.51. The molecular weight excluding hydrogens is 326 g/mol. The summed E-state index contributed by atoms with van der Waals surface area (Å²) < 4.78 is 5.32. The van der Waals surface area contributed by atoms with Gasteiger partial charge in [-0.1, -0.05) is 44.5 Å². The lowest BCUT2D eigenvalue weighted by atomic mass is 9.81. The topological polar surface area (TPSA) is 59.2 Å². The van der Waals surface area contributed by atoms with E-state index in [2.05, 4.69) is 43.1 Å². The number of Topliss-reactive ketones (excluding diaryl/α,β-unsaturated/α-hetero) is 1. The molecule has 26 heavy (non-hydrogen) atoms. The van der Waals surface area contributed by atoms with Crippen molar-refractivity contribution in [1.82, 2.24) is 4.98 Å². The zero-order chi connectivity index (χ0) is 18.7. The van der Waals surface area contributed by atoms with Gasteiger partial charge in [-0.3, -0.25) is 4.79 Å². The Morgan fingerprint density at radius 1 is 1.19 bits per heavy atom. The predicted octanol–water partition coefficient (Wildman–Crippen LogP) is 4.76. The van der Waals surface area contributed by atoms with Crippen molar-refractivity contribution >= 4 is 11.8 Å². The average Bonchev–Trinajstić information content (AvgIpc) is 2.99. The van der Waals surface area contributed by atoms with Crippen LogP contribution in [0.4, 0.5) is 0 Å². The molecule has 0 spiro atoms. The summed E-state index contributed by atoms with van der Waals surface area (Å²) in [5.74, 6) is -0.0953. The Morgan fingerprint density at radius 3 is 2.58 bits per heavy atom. The van der Waals surface area contributed by atoms with Crippen molar-refractivity contribution in [3.63, 3.8) is 0 Å². The number of hydrogen-bond acceptors (Lipinski definition) is 3. The minimum absolute atomic E-state index is 0.108. The monoisotopic (exact) mass is 353 g/mol. The normalized spacial score (nSPS) is 16.4. The van der Waals surface area contributed by atoms with Crippen LogP contribution in [0.2, 0.25) is 0 Å². The van der Waals surface area contributed by atoms with Crippen LogP contribution in [0.1, 0.15) is 82.3 Å². The van der Waals surface area contributed by atoms with Gasteiger partial charge in [0.25, 0.3) is 0 Å². The number of rotatable bonds is 6. The van der Waals surface area contributed by atoms with Gasteiger partial charge in [-0.15, -0.1) is 0 Å². The lowest BCUT2D eigenvalue weighted by molar-refractivity contribution is 0.0492. The fourth-order valence-corrected chi connectivity index (χ4v) is 3.68. The van der Waals surface area contributed by atoms with Crippen molar-refractivity contribution in [2.75, 3.05) is 6.61 Å². The summed E-state index contributed by atoms with van der Waals surface area (Å²) in [5, 5.41) is 0. The third-order valence-corrected chi connectivity index (χ3v) is 5.28. The maximum Gasteiger partial charge on any atom is 0.355 e. The molecule has 1 aromatic carbocycles.